The van der Waals surface area contributed by atoms with Gasteiger partial charge < -0.3 is 10.6 Å². The van der Waals surface area contributed by atoms with Gasteiger partial charge in [-0.3, -0.25) is 4.90 Å². The highest BCUT2D eigenvalue weighted by Gasteiger charge is 2.36. The molecule has 1 aliphatic heterocycles. The van der Waals surface area contributed by atoms with E-state index in [4.69, 9.17) is 5.73 Å². The van der Waals surface area contributed by atoms with Crippen LogP contribution in [0.2, 0.25) is 0 Å². The Kier molecular flexibility index (Phi) is 4.35. The van der Waals surface area contributed by atoms with Crippen molar-refractivity contribution in [1.82, 2.24) is 9.80 Å². The normalized spacial score (nSPS) is 29.8. The largest absolute Gasteiger partial charge is 0.329 e. The summed E-state index contributed by atoms with van der Waals surface area (Å²) in [4.78, 5) is 4.94. The van der Waals surface area contributed by atoms with Gasteiger partial charge >= 0.3 is 0 Å². The Balaban J connectivity index is 2.72. The molecule has 3 heteroatoms. The third-order valence-electron chi connectivity index (χ3n) is 3.56. The van der Waals surface area contributed by atoms with Gasteiger partial charge in [-0.1, -0.05) is 13.8 Å². The molecule has 14 heavy (non-hydrogen) atoms. The van der Waals surface area contributed by atoms with Crippen LogP contribution in [0.5, 0.6) is 0 Å². The zero-order valence-electron chi connectivity index (χ0n) is 9.92. The molecule has 0 aromatic rings. The summed E-state index contributed by atoms with van der Waals surface area (Å²) in [5.41, 5.74) is 6.23. The average molecular weight is 199 g/mol. The van der Waals surface area contributed by atoms with Crippen molar-refractivity contribution in [3.8, 4) is 0 Å². The second-order valence-electron chi connectivity index (χ2n) is 4.44. The summed E-state index contributed by atoms with van der Waals surface area (Å²) in [5, 5.41) is 0. The van der Waals surface area contributed by atoms with Gasteiger partial charge in [0.1, 0.15) is 0 Å². The van der Waals surface area contributed by atoms with Crippen molar-refractivity contribution in [2.24, 2.45) is 5.73 Å². The molecule has 0 aliphatic carbocycles. The molecule has 1 aliphatic rings. The van der Waals surface area contributed by atoms with E-state index in [1.165, 1.54) is 19.4 Å². The van der Waals surface area contributed by atoms with Crippen LogP contribution in [0, 0.1) is 0 Å². The summed E-state index contributed by atoms with van der Waals surface area (Å²) in [5.74, 6) is 0. The Labute approximate surface area is 88.2 Å². The van der Waals surface area contributed by atoms with Crippen LogP contribution in [0.15, 0.2) is 0 Å². The van der Waals surface area contributed by atoms with E-state index in [9.17, 15) is 0 Å². The average Bonchev–Trinajstić information content (AvgIpc) is 2.19. The van der Waals surface area contributed by atoms with E-state index in [1.54, 1.807) is 0 Å². The Morgan fingerprint density at radius 3 is 2.43 bits per heavy atom. The third-order valence-corrected chi connectivity index (χ3v) is 3.56. The van der Waals surface area contributed by atoms with E-state index < -0.39 is 0 Å². The van der Waals surface area contributed by atoms with Crippen LogP contribution in [0.3, 0.4) is 0 Å². The Hall–Kier alpha value is -0.120. The molecule has 0 bridgehead atoms. The predicted octanol–water partition coefficient (Wildman–Crippen LogP) is 0.751. The highest BCUT2D eigenvalue weighted by atomic mass is 15.3. The molecular weight excluding hydrogens is 174 g/mol. The second kappa shape index (κ2) is 5.10. The highest BCUT2D eigenvalue weighted by Crippen LogP contribution is 2.25. The molecule has 1 heterocycles. The lowest BCUT2D eigenvalue weighted by molar-refractivity contribution is 0.0332. The van der Waals surface area contributed by atoms with Crippen molar-refractivity contribution >= 4 is 0 Å². The maximum Gasteiger partial charge on any atom is 0.0458 e. The molecule has 1 unspecified atom stereocenters. The lowest BCUT2D eigenvalue weighted by Crippen LogP contribution is -2.61. The van der Waals surface area contributed by atoms with E-state index >= 15 is 0 Å². The molecule has 1 saturated heterocycles. The predicted molar refractivity (Wildman–Crippen MR) is 61.4 cm³/mol. The first-order valence-electron chi connectivity index (χ1n) is 5.82. The first-order valence-corrected chi connectivity index (χ1v) is 5.82. The lowest BCUT2D eigenvalue weighted by Gasteiger charge is -2.48. The number of likely N-dealkylation sites (tertiary alicyclic amines) is 1. The Morgan fingerprint density at radius 2 is 2.00 bits per heavy atom. The van der Waals surface area contributed by atoms with Crippen molar-refractivity contribution in [1.29, 1.82) is 0 Å². The Morgan fingerprint density at radius 1 is 1.36 bits per heavy atom. The number of nitrogens with two attached hydrogens (primary N) is 1. The Bertz CT molecular complexity index is 168. The SMILES string of the molecule is CCN(CC)C1(CN)CCCN(C)C1. The third kappa shape index (κ3) is 2.27. The summed E-state index contributed by atoms with van der Waals surface area (Å²) < 4.78 is 0. The van der Waals surface area contributed by atoms with Gasteiger partial charge in [0.2, 0.25) is 0 Å². The molecule has 0 aromatic heterocycles. The minimum atomic E-state index is 0.247. The number of likely N-dealkylation sites (N-methyl/N-ethyl adjacent to an activating group) is 2. The number of hydrogen-bond donors (Lipinski definition) is 1. The van der Waals surface area contributed by atoms with Crippen molar-refractivity contribution in [2.45, 2.75) is 32.2 Å². The van der Waals surface area contributed by atoms with E-state index in [0.29, 0.717) is 0 Å². The van der Waals surface area contributed by atoms with Crippen LogP contribution in [-0.2, 0) is 0 Å². The van der Waals surface area contributed by atoms with Crippen molar-refractivity contribution in [2.75, 3.05) is 39.8 Å². The fourth-order valence-electron chi connectivity index (χ4n) is 2.79. The first-order chi connectivity index (χ1) is 6.68. The molecular formula is C11H25N3. The molecule has 3 nitrogen and oxygen atoms in total. The lowest BCUT2D eigenvalue weighted by atomic mass is 9.87. The van der Waals surface area contributed by atoms with Crippen molar-refractivity contribution < 1.29 is 0 Å². The number of hydrogen-bond acceptors (Lipinski definition) is 3. The van der Waals surface area contributed by atoms with Gasteiger partial charge in [0, 0.05) is 18.6 Å². The summed E-state index contributed by atoms with van der Waals surface area (Å²) in [6.07, 6.45) is 2.54. The number of piperidine rings is 1. The zero-order valence-corrected chi connectivity index (χ0v) is 9.92. The topological polar surface area (TPSA) is 32.5 Å². The standard InChI is InChI=1S/C11H25N3/c1-4-14(5-2)11(9-12)7-6-8-13(3)10-11/h4-10,12H2,1-3H3. The van der Waals surface area contributed by atoms with E-state index in [1.807, 2.05) is 0 Å². The van der Waals surface area contributed by atoms with Gasteiger partial charge in [-0.15, -0.1) is 0 Å². The van der Waals surface area contributed by atoms with Crippen molar-refractivity contribution in [3.05, 3.63) is 0 Å². The summed E-state index contributed by atoms with van der Waals surface area (Å²) in [7, 11) is 2.20. The zero-order chi connectivity index (χ0) is 10.6. The monoisotopic (exact) mass is 199 g/mol. The van der Waals surface area contributed by atoms with E-state index in [2.05, 4.69) is 30.7 Å². The molecule has 84 valence electrons. The van der Waals surface area contributed by atoms with E-state index in [0.717, 1.165) is 26.2 Å². The number of nitrogens with zero attached hydrogens (tertiary/aromatic N) is 2. The molecule has 1 rings (SSSR count). The maximum absolute atomic E-state index is 5.98. The summed E-state index contributed by atoms with van der Waals surface area (Å²) >= 11 is 0. The molecule has 0 saturated carbocycles. The van der Waals surface area contributed by atoms with Gasteiger partial charge in [0.15, 0.2) is 0 Å². The molecule has 0 radical (unpaired) electrons. The van der Waals surface area contributed by atoms with Crippen molar-refractivity contribution in [3.63, 3.8) is 0 Å². The second-order valence-corrected chi connectivity index (χ2v) is 4.44. The number of rotatable bonds is 4. The molecule has 2 N–H and O–H groups in total. The highest BCUT2D eigenvalue weighted by molar-refractivity contribution is 4.96. The van der Waals surface area contributed by atoms with Crippen LogP contribution in [-0.4, -0.2) is 55.1 Å². The molecule has 0 amide bonds. The van der Waals surface area contributed by atoms with Crippen LogP contribution >= 0.6 is 0 Å². The summed E-state index contributed by atoms with van der Waals surface area (Å²) in [6.45, 7) is 9.83. The fraction of sp³-hybridized carbons (Fsp3) is 1.00. The summed E-state index contributed by atoms with van der Waals surface area (Å²) in [6, 6.07) is 0. The minimum Gasteiger partial charge on any atom is -0.329 e. The first kappa shape index (κ1) is 12.0. The minimum absolute atomic E-state index is 0.247. The molecule has 0 aromatic carbocycles. The van der Waals surface area contributed by atoms with Gasteiger partial charge in [0.25, 0.3) is 0 Å². The fourth-order valence-corrected chi connectivity index (χ4v) is 2.79. The smallest absolute Gasteiger partial charge is 0.0458 e. The molecule has 1 atom stereocenters. The van der Waals surface area contributed by atoms with E-state index in [-0.39, 0.29) is 5.54 Å². The maximum atomic E-state index is 5.98. The quantitative estimate of drug-likeness (QED) is 0.725. The van der Waals surface area contributed by atoms with Gasteiger partial charge in [-0.05, 0) is 39.5 Å². The molecule has 0 spiro atoms. The molecule has 1 fully saturated rings. The van der Waals surface area contributed by atoms with Crippen LogP contribution in [0.4, 0.5) is 0 Å². The van der Waals surface area contributed by atoms with Crippen LogP contribution in [0.25, 0.3) is 0 Å². The van der Waals surface area contributed by atoms with Gasteiger partial charge in [-0.2, -0.15) is 0 Å². The van der Waals surface area contributed by atoms with Gasteiger partial charge in [0.05, 0.1) is 0 Å². The van der Waals surface area contributed by atoms with Crippen LogP contribution < -0.4 is 5.73 Å². The van der Waals surface area contributed by atoms with Gasteiger partial charge in [-0.25, -0.2) is 0 Å². The van der Waals surface area contributed by atoms with Crippen LogP contribution in [0.1, 0.15) is 26.7 Å².